The van der Waals surface area contributed by atoms with Crippen LogP contribution in [0.1, 0.15) is 70.9 Å². The summed E-state index contributed by atoms with van der Waals surface area (Å²) in [5, 5.41) is -0.938. The van der Waals surface area contributed by atoms with Gasteiger partial charge < -0.3 is 0 Å². The zero-order chi connectivity index (χ0) is 36.2. The van der Waals surface area contributed by atoms with Gasteiger partial charge in [-0.15, -0.1) is 0 Å². The van der Waals surface area contributed by atoms with Crippen molar-refractivity contribution in [2.24, 2.45) is 0 Å². The normalized spacial score (nSPS) is 22.4. The smallest absolute Gasteiger partial charge is 0.0623 e. The zero-order valence-electron chi connectivity index (χ0n) is 33.5. The van der Waals surface area contributed by atoms with Gasteiger partial charge in [-0.05, 0) is 67.6 Å². The van der Waals surface area contributed by atoms with Crippen LogP contribution in [0.4, 0.5) is 0 Å². The quantitative estimate of drug-likeness (QED) is 0.215. The lowest BCUT2D eigenvalue weighted by molar-refractivity contribution is 0.332. The molecule has 0 aromatic heterocycles. The topological polar surface area (TPSA) is 0 Å². The molecule has 0 unspecified atom stereocenters. The van der Waals surface area contributed by atoms with Crippen LogP contribution in [0.15, 0.2) is 107 Å². The maximum Gasteiger partial charge on any atom is 0.179 e. The lowest BCUT2D eigenvalue weighted by atomic mass is 9.63. The van der Waals surface area contributed by atoms with Crippen LogP contribution in [-0.2, 0) is 10.8 Å². The molecule has 2 heteroatoms. The molecule has 0 saturated carbocycles. The van der Waals surface area contributed by atoms with Crippen molar-refractivity contribution < 1.29 is 19.2 Å². The highest BCUT2D eigenvalue weighted by Crippen LogP contribution is 2.45. The molecule has 4 aromatic carbocycles. The van der Waals surface area contributed by atoms with E-state index < -0.39 is 108 Å². The van der Waals surface area contributed by atoms with Gasteiger partial charge in [-0.1, -0.05) is 134 Å². The Hall–Kier alpha value is -2.42. The minimum Gasteiger partial charge on any atom is -0.0623 e. The lowest BCUT2D eigenvalue weighted by Crippen LogP contribution is -2.75. The minimum absolute atomic E-state index is 0.213. The van der Waals surface area contributed by atoms with Gasteiger partial charge in [-0.3, -0.25) is 0 Å². The van der Waals surface area contributed by atoms with E-state index in [1.165, 1.54) is 0 Å². The van der Waals surface area contributed by atoms with E-state index >= 15 is 0 Å². The molecule has 1 aliphatic rings. The van der Waals surface area contributed by atoms with Crippen LogP contribution >= 0.6 is 15.9 Å². The summed E-state index contributed by atoms with van der Waals surface area (Å²) in [4.78, 5) is 0. The highest BCUT2D eigenvalue weighted by molar-refractivity contribution is 9.10. The van der Waals surface area contributed by atoms with Crippen molar-refractivity contribution in [3.8, 4) is 0 Å². The third-order valence-electron chi connectivity index (χ3n) is 7.01. The Bertz CT molecular complexity index is 1800. The van der Waals surface area contributed by atoms with Crippen molar-refractivity contribution in [1.82, 2.24) is 0 Å². The number of rotatable bonds is 4. The average molecular weight is 540 g/mol. The molecule has 0 heterocycles. The number of hydrogen-bond acceptors (Lipinski definition) is 0. The molecule has 0 nitrogen and oxygen atoms in total. The largest absolute Gasteiger partial charge is 0.179 e. The van der Waals surface area contributed by atoms with Gasteiger partial charge in [0.05, 0.1) is 19.2 Å². The minimum atomic E-state index is -5.00. The Balaban J connectivity index is 2.25. The van der Waals surface area contributed by atoms with Gasteiger partial charge in [-0.2, -0.15) is 0 Å². The molecule has 0 bridgehead atoms. The van der Waals surface area contributed by atoms with Crippen LogP contribution in [0, 0.1) is 0 Å². The van der Waals surface area contributed by atoms with E-state index in [9.17, 15) is 8.22 Å². The monoisotopic (exact) mass is 538 g/mol. The SMILES string of the molecule is [2H]c1c([2H])c([2H])c([Si](c2ccc3c(c2)C(C)(C)CCC3(C)C)(c2c([2H])c([2H])c([2H])c([2H])c2[2H])c2c([2H])c([2H])c([2H])c(Br)c2[2H])c([2H])c1[2H]. The molecule has 5 rings (SSSR count). The number of fused-ring (bicyclic) bond motifs is 1. The first-order valence-corrected chi connectivity index (χ1v) is 13.9. The van der Waals surface area contributed by atoms with E-state index in [2.05, 4.69) is 29.8 Å². The third kappa shape index (κ3) is 3.81. The first kappa shape index (κ1) is 12.0. The van der Waals surface area contributed by atoms with E-state index in [0.717, 1.165) is 24.0 Å². The molecule has 0 spiro atoms. The van der Waals surface area contributed by atoms with Crippen LogP contribution in [0.25, 0.3) is 0 Å². The number of benzene rings is 4. The Morgan fingerprint density at radius 2 is 1.18 bits per heavy atom. The molecule has 172 valence electrons. The van der Waals surface area contributed by atoms with Crippen LogP contribution in [0.3, 0.4) is 0 Å². The molecule has 0 atom stereocenters. The van der Waals surface area contributed by atoms with Crippen molar-refractivity contribution in [2.45, 2.75) is 51.4 Å². The Morgan fingerprint density at radius 1 is 0.647 bits per heavy atom. The summed E-state index contributed by atoms with van der Waals surface area (Å²) in [6.45, 7) is 8.28. The predicted molar refractivity (Wildman–Crippen MR) is 153 cm³/mol. The van der Waals surface area contributed by atoms with Gasteiger partial charge in [0.25, 0.3) is 0 Å². The van der Waals surface area contributed by atoms with Crippen molar-refractivity contribution in [3.05, 3.63) is 118 Å². The predicted octanol–water partition coefficient (Wildman–Crippen LogP) is 6.18. The molecule has 0 radical (unpaired) electrons. The van der Waals surface area contributed by atoms with Crippen molar-refractivity contribution in [2.75, 3.05) is 0 Å². The van der Waals surface area contributed by atoms with Crippen LogP contribution in [-0.4, -0.2) is 8.07 Å². The maximum absolute atomic E-state index is 9.35. The van der Waals surface area contributed by atoms with Gasteiger partial charge in [0.15, 0.2) is 8.07 Å². The van der Waals surface area contributed by atoms with Crippen LogP contribution in [0.2, 0.25) is 0 Å². The van der Waals surface area contributed by atoms with Gasteiger partial charge in [-0.25, -0.2) is 0 Å². The third-order valence-corrected chi connectivity index (χ3v) is 11.6. The Kier molecular flexibility index (Phi) is 3.06. The fourth-order valence-corrected chi connectivity index (χ4v) is 9.37. The molecule has 0 saturated heterocycles. The highest BCUT2D eigenvalue weighted by Gasteiger charge is 2.44. The number of hydrogen-bond donors (Lipinski definition) is 0. The van der Waals surface area contributed by atoms with E-state index in [1.54, 1.807) is 12.1 Å². The summed E-state index contributed by atoms with van der Waals surface area (Å²) in [5.74, 6) is 0. The fraction of sp³-hybridized carbons (Fsp3) is 0.250. The number of halogens is 1. The van der Waals surface area contributed by atoms with Crippen molar-refractivity contribution in [1.29, 1.82) is 0 Å². The first-order chi connectivity index (χ1) is 22.1. The van der Waals surface area contributed by atoms with Gasteiger partial charge in [0, 0.05) is 4.47 Å². The summed E-state index contributed by atoms with van der Waals surface area (Å²) in [5.41, 5.74) is 1.09. The zero-order valence-corrected chi connectivity index (χ0v) is 22.1. The molecule has 0 aliphatic heterocycles. The molecular formula is C32H33BrSi. The van der Waals surface area contributed by atoms with E-state index in [-0.39, 0.29) is 20.3 Å². The molecule has 34 heavy (non-hydrogen) atoms. The van der Waals surface area contributed by atoms with E-state index in [4.69, 9.17) is 11.0 Å². The first-order valence-electron chi connectivity index (χ1n) is 18.1. The summed E-state index contributed by atoms with van der Waals surface area (Å²) >= 11 is 3.22. The molecule has 0 N–H and O–H groups in total. The van der Waals surface area contributed by atoms with Crippen molar-refractivity contribution in [3.63, 3.8) is 0 Å². The van der Waals surface area contributed by atoms with Crippen LogP contribution < -0.4 is 20.7 Å². The van der Waals surface area contributed by atoms with Gasteiger partial charge >= 0.3 is 0 Å². The second-order valence-electron chi connectivity index (χ2n) is 9.97. The fourth-order valence-electron chi connectivity index (χ4n) is 5.01. The Labute approximate surface area is 233 Å². The second-order valence-corrected chi connectivity index (χ2v) is 14.3. The standard InChI is InChI=1S/C32H33BrSi/c1-31(2)20-21-32(3,4)30-23-28(18-19-29(30)31)34(25-13-7-5-8-14-25,26-15-9-6-10-16-26)27-17-11-12-24(33)22-27/h5-19,22-23H,20-21H2,1-4H3/i5D,6D,7D,8D,9D,10D,11D,12D,13D,14D,15D,16D,17D,22D. The van der Waals surface area contributed by atoms with Gasteiger partial charge in [0.2, 0.25) is 0 Å². The molecular weight excluding hydrogens is 492 g/mol. The Morgan fingerprint density at radius 3 is 1.76 bits per heavy atom. The molecule has 0 amide bonds. The van der Waals surface area contributed by atoms with E-state index in [1.807, 2.05) is 19.9 Å². The maximum atomic E-state index is 9.35. The van der Waals surface area contributed by atoms with Crippen LogP contribution in [0.5, 0.6) is 0 Å². The van der Waals surface area contributed by atoms with E-state index in [0.29, 0.717) is 0 Å². The molecule has 4 aromatic rings. The average Bonchev–Trinajstić information content (AvgIpc) is 3.04. The molecule has 1 aliphatic carbocycles. The second kappa shape index (κ2) is 8.66. The lowest BCUT2D eigenvalue weighted by Gasteiger charge is -2.43. The highest BCUT2D eigenvalue weighted by atomic mass is 79.9. The summed E-state index contributed by atoms with van der Waals surface area (Å²) in [6.07, 6.45) is 1.62. The van der Waals surface area contributed by atoms with Crippen molar-refractivity contribution >= 4 is 44.8 Å². The molecule has 0 fully saturated rings. The van der Waals surface area contributed by atoms with Gasteiger partial charge in [0.1, 0.15) is 0 Å². The summed E-state index contributed by atoms with van der Waals surface area (Å²) in [6, 6.07) is -4.27. The summed E-state index contributed by atoms with van der Waals surface area (Å²) in [7, 11) is -5.00. The summed E-state index contributed by atoms with van der Waals surface area (Å²) < 4.78 is 124.